The van der Waals surface area contributed by atoms with E-state index in [4.69, 9.17) is 0 Å². The van der Waals surface area contributed by atoms with Gasteiger partial charge >= 0.3 is 0 Å². The van der Waals surface area contributed by atoms with Crippen molar-refractivity contribution in [2.45, 2.75) is 23.5 Å². The fraction of sp³-hybridized carbons (Fsp3) is 0.438. The lowest BCUT2D eigenvalue weighted by atomic mass is 9.96. The van der Waals surface area contributed by atoms with E-state index in [1.54, 1.807) is 30.2 Å². The van der Waals surface area contributed by atoms with Gasteiger partial charge in [-0.3, -0.25) is 4.79 Å². The Hall–Kier alpha value is -1.93. The molecule has 1 amide bonds. The highest BCUT2D eigenvalue weighted by Gasteiger charge is 2.29. The van der Waals surface area contributed by atoms with Gasteiger partial charge in [0.1, 0.15) is 12.1 Å². The SMILES string of the molecule is Cn1cnnc1SCCNC(=O)C1CC(c2ccc(F)cc2)CN1. The van der Waals surface area contributed by atoms with E-state index in [0.29, 0.717) is 6.54 Å². The average molecular weight is 349 g/mol. The summed E-state index contributed by atoms with van der Waals surface area (Å²) in [5.41, 5.74) is 1.07. The van der Waals surface area contributed by atoms with Gasteiger partial charge < -0.3 is 15.2 Å². The van der Waals surface area contributed by atoms with Crippen molar-refractivity contribution >= 4 is 17.7 Å². The number of hydrogen-bond acceptors (Lipinski definition) is 5. The molecule has 24 heavy (non-hydrogen) atoms. The van der Waals surface area contributed by atoms with Gasteiger partial charge in [-0.1, -0.05) is 23.9 Å². The van der Waals surface area contributed by atoms with Crippen LogP contribution in [0.3, 0.4) is 0 Å². The standard InChI is InChI=1S/C16H20FN5OS/c1-22-10-20-21-16(22)24-7-6-18-15(23)14-8-12(9-19-14)11-2-4-13(17)5-3-11/h2-5,10,12,14,19H,6-9H2,1H3,(H,18,23). The van der Waals surface area contributed by atoms with Crippen molar-refractivity contribution in [3.05, 3.63) is 42.0 Å². The molecule has 6 nitrogen and oxygen atoms in total. The molecule has 2 heterocycles. The van der Waals surface area contributed by atoms with E-state index < -0.39 is 0 Å². The lowest BCUT2D eigenvalue weighted by molar-refractivity contribution is -0.122. The summed E-state index contributed by atoms with van der Waals surface area (Å²) in [4.78, 5) is 12.2. The first-order valence-electron chi connectivity index (χ1n) is 7.87. The van der Waals surface area contributed by atoms with Crippen LogP contribution in [0.2, 0.25) is 0 Å². The van der Waals surface area contributed by atoms with Crippen LogP contribution in [0.4, 0.5) is 4.39 Å². The molecule has 128 valence electrons. The number of thioether (sulfide) groups is 1. The smallest absolute Gasteiger partial charge is 0.237 e. The van der Waals surface area contributed by atoms with E-state index >= 15 is 0 Å². The van der Waals surface area contributed by atoms with Crippen LogP contribution in [-0.2, 0) is 11.8 Å². The van der Waals surface area contributed by atoms with Gasteiger partial charge in [0, 0.05) is 25.9 Å². The molecule has 1 aromatic heterocycles. The predicted molar refractivity (Wildman–Crippen MR) is 90.3 cm³/mol. The normalized spacial score (nSPS) is 20.2. The number of halogens is 1. The van der Waals surface area contributed by atoms with E-state index in [1.807, 2.05) is 11.6 Å². The van der Waals surface area contributed by atoms with Crippen LogP contribution in [0.15, 0.2) is 35.7 Å². The molecule has 0 saturated carbocycles. The highest BCUT2D eigenvalue weighted by molar-refractivity contribution is 7.99. The minimum atomic E-state index is -0.237. The topological polar surface area (TPSA) is 71.8 Å². The van der Waals surface area contributed by atoms with Crippen LogP contribution in [0.5, 0.6) is 0 Å². The molecule has 3 rings (SSSR count). The Morgan fingerprint density at radius 3 is 2.96 bits per heavy atom. The molecule has 2 N–H and O–H groups in total. The molecular weight excluding hydrogens is 329 g/mol. The number of amides is 1. The van der Waals surface area contributed by atoms with E-state index in [1.165, 1.54) is 12.1 Å². The first-order valence-corrected chi connectivity index (χ1v) is 8.85. The predicted octanol–water partition coefficient (Wildman–Crippen LogP) is 1.31. The van der Waals surface area contributed by atoms with Crippen molar-refractivity contribution in [3.8, 4) is 0 Å². The maximum atomic E-state index is 13.0. The monoisotopic (exact) mass is 349 g/mol. The summed E-state index contributed by atoms with van der Waals surface area (Å²) in [6.45, 7) is 1.31. The molecule has 2 aromatic rings. The molecule has 0 radical (unpaired) electrons. The van der Waals surface area contributed by atoms with E-state index in [-0.39, 0.29) is 23.7 Å². The fourth-order valence-electron chi connectivity index (χ4n) is 2.77. The Kier molecular flexibility index (Phi) is 5.47. The first-order chi connectivity index (χ1) is 11.6. The highest BCUT2D eigenvalue weighted by atomic mass is 32.2. The Morgan fingerprint density at radius 1 is 1.46 bits per heavy atom. The van der Waals surface area contributed by atoms with Gasteiger partial charge in [0.15, 0.2) is 5.16 Å². The van der Waals surface area contributed by atoms with E-state index in [9.17, 15) is 9.18 Å². The zero-order valence-electron chi connectivity index (χ0n) is 13.4. The number of hydrogen-bond donors (Lipinski definition) is 2. The number of rotatable bonds is 6. The first kappa shape index (κ1) is 16.9. The number of aryl methyl sites for hydroxylation is 1. The second-order valence-corrected chi connectivity index (χ2v) is 6.87. The quantitative estimate of drug-likeness (QED) is 0.608. The van der Waals surface area contributed by atoms with Crippen molar-refractivity contribution in [1.82, 2.24) is 25.4 Å². The molecule has 0 aliphatic carbocycles. The summed E-state index contributed by atoms with van der Waals surface area (Å²) in [6.07, 6.45) is 2.38. The Labute approximate surface area is 144 Å². The zero-order valence-corrected chi connectivity index (χ0v) is 14.2. The molecule has 1 aliphatic rings. The minimum Gasteiger partial charge on any atom is -0.354 e. The minimum absolute atomic E-state index is 0.0122. The average Bonchev–Trinajstić information content (AvgIpc) is 3.22. The van der Waals surface area contributed by atoms with Crippen molar-refractivity contribution in [1.29, 1.82) is 0 Å². The van der Waals surface area contributed by atoms with Gasteiger partial charge in [-0.05, 0) is 30.0 Å². The number of carbonyl (C=O) groups excluding carboxylic acids is 1. The van der Waals surface area contributed by atoms with Crippen LogP contribution < -0.4 is 10.6 Å². The highest BCUT2D eigenvalue weighted by Crippen LogP contribution is 2.25. The zero-order chi connectivity index (χ0) is 16.9. The van der Waals surface area contributed by atoms with Crippen LogP contribution in [0, 0.1) is 5.82 Å². The number of nitrogens with zero attached hydrogens (tertiary/aromatic N) is 3. The molecule has 0 spiro atoms. The van der Waals surface area contributed by atoms with Crippen LogP contribution in [0.1, 0.15) is 17.9 Å². The summed E-state index contributed by atoms with van der Waals surface area (Å²) in [6, 6.07) is 6.32. The molecule has 8 heteroatoms. The second-order valence-electron chi connectivity index (χ2n) is 5.81. The molecule has 1 aromatic carbocycles. The molecule has 2 atom stereocenters. The molecule has 0 bridgehead atoms. The van der Waals surface area contributed by atoms with Crippen molar-refractivity contribution < 1.29 is 9.18 Å². The van der Waals surface area contributed by atoms with Gasteiger partial charge in [0.2, 0.25) is 5.91 Å². The molecule has 1 aliphatic heterocycles. The molecular formula is C16H20FN5OS. The van der Waals surface area contributed by atoms with Crippen molar-refractivity contribution in [3.63, 3.8) is 0 Å². The van der Waals surface area contributed by atoms with E-state index in [0.717, 1.165) is 29.4 Å². The van der Waals surface area contributed by atoms with Crippen molar-refractivity contribution in [2.24, 2.45) is 7.05 Å². The number of carbonyl (C=O) groups is 1. The summed E-state index contributed by atoms with van der Waals surface area (Å²) in [7, 11) is 1.89. The van der Waals surface area contributed by atoms with Crippen molar-refractivity contribution in [2.75, 3.05) is 18.8 Å². The second kappa shape index (κ2) is 7.76. The Bertz CT molecular complexity index is 690. The number of aromatic nitrogens is 3. The summed E-state index contributed by atoms with van der Waals surface area (Å²) in [5.74, 6) is 0.763. The number of benzene rings is 1. The third-order valence-corrected chi connectivity index (χ3v) is 5.13. The van der Waals surface area contributed by atoms with Crippen LogP contribution >= 0.6 is 11.8 Å². The van der Waals surface area contributed by atoms with Gasteiger partial charge in [-0.2, -0.15) is 0 Å². The summed E-state index contributed by atoms with van der Waals surface area (Å²) in [5, 5.41) is 14.8. The molecule has 1 fully saturated rings. The maximum Gasteiger partial charge on any atom is 0.237 e. The lowest BCUT2D eigenvalue weighted by Crippen LogP contribution is -2.41. The van der Waals surface area contributed by atoms with Crippen LogP contribution in [-0.4, -0.2) is 45.6 Å². The maximum absolute atomic E-state index is 13.0. The Balaban J connectivity index is 1.41. The largest absolute Gasteiger partial charge is 0.354 e. The summed E-state index contributed by atoms with van der Waals surface area (Å²) >= 11 is 1.56. The fourth-order valence-corrected chi connectivity index (χ4v) is 3.51. The number of nitrogens with one attached hydrogen (secondary N) is 2. The lowest BCUT2D eigenvalue weighted by Gasteiger charge is -2.11. The third kappa shape index (κ3) is 4.12. The van der Waals surface area contributed by atoms with Gasteiger partial charge in [0.25, 0.3) is 0 Å². The third-order valence-electron chi connectivity index (χ3n) is 4.09. The van der Waals surface area contributed by atoms with Gasteiger partial charge in [-0.15, -0.1) is 10.2 Å². The summed E-state index contributed by atoms with van der Waals surface area (Å²) < 4.78 is 14.8. The van der Waals surface area contributed by atoms with Gasteiger partial charge in [0.05, 0.1) is 6.04 Å². The van der Waals surface area contributed by atoms with Crippen LogP contribution in [0.25, 0.3) is 0 Å². The molecule has 2 unspecified atom stereocenters. The Morgan fingerprint density at radius 2 is 2.25 bits per heavy atom. The van der Waals surface area contributed by atoms with Gasteiger partial charge in [-0.25, -0.2) is 4.39 Å². The molecule has 1 saturated heterocycles. The van der Waals surface area contributed by atoms with E-state index in [2.05, 4.69) is 20.8 Å².